The van der Waals surface area contributed by atoms with Crippen molar-refractivity contribution < 1.29 is 14.7 Å². The van der Waals surface area contributed by atoms with E-state index in [4.69, 9.17) is 5.11 Å². The molecule has 0 aromatic heterocycles. The van der Waals surface area contributed by atoms with E-state index in [2.05, 4.69) is 10.6 Å². The monoisotopic (exact) mass is 244 g/mol. The van der Waals surface area contributed by atoms with Crippen molar-refractivity contribution in [2.75, 3.05) is 6.54 Å². The molecule has 1 unspecified atom stereocenters. The number of nitrogens with one attached hydrogen (secondary N) is 2. The van der Waals surface area contributed by atoms with E-state index in [-0.39, 0.29) is 5.41 Å². The van der Waals surface area contributed by atoms with Gasteiger partial charge < -0.3 is 15.7 Å². The summed E-state index contributed by atoms with van der Waals surface area (Å²) in [4.78, 5) is 22.4. The summed E-state index contributed by atoms with van der Waals surface area (Å²) >= 11 is 0. The molecule has 0 fully saturated rings. The Morgan fingerprint density at radius 1 is 1.29 bits per heavy atom. The van der Waals surface area contributed by atoms with Gasteiger partial charge in [0.2, 0.25) is 0 Å². The van der Waals surface area contributed by atoms with Crippen molar-refractivity contribution in [3.05, 3.63) is 0 Å². The average Bonchev–Trinajstić information content (AvgIpc) is 2.19. The van der Waals surface area contributed by atoms with Crippen molar-refractivity contribution in [2.24, 2.45) is 5.41 Å². The lowest BCUT2D eigenvalue weighted by molar-refractivity contribution is -0.139. The Balaban J connectivity index is 4.08. The van der Waals surface area contributed by atoms with Gasteiger partial charge in [0.1, 0.15) is 6.04 Å². The molecule has 1 atom stereocenters. The summed E-state index contributed by atoms with van der Waals surface area (Å²) in [7, 11) is 0. The first-order chi connectivity index (χ1) is 7.76. The van der Waals surface area contributed by atoms with Gasteiger partial charge in [0.05, 0.1) is 0 Å². The summed E-state index contributed by atoms with van der Waals surface area (Å²) in [5.41, 5.74) is -0.0144. The molecule has 2 amide bonds. The molecule has 100 valence electrons. The lowest BCUT2D eigenvalue weighted by Gasteiger charge is -2.20. The third kappa shape index (κ3) is 8.54. The average molecular weight is 244 g/mol. The number of unbranched alkanes of at least 4 members (excludes halogenated alkanes) is 1. The molecule has 0 aliphatic heterocycles. The van der Waals surface area contributed by atoms with Crippen LogP contribution in [-0.4, -0.2) is 29.7 Å². The van der Waals surface area contributed by atoms with Crippen LogP contribution in [0.15, 0.2) is 0 Å². The minimum absolute atomic E-state index is 0.0144. The Kier molecular flexibility index (Phi) is 6.61. The third-order valence-corrected chi connectivity index (χ3v) is 2.23. The first kappa shape index (κ1) is 15.7. The van der Waals surface area contributed by atoms with E-state index in [0.717, 1.165) is 12.8 Å². The van der Waals surface area contributed by atoms with Crippen molar-refractivity contribution in [1.29, 1.82) is 0 Å². The second-order valence-electron chi connectivity index (χ2n) is 5.42. The smallest absolute Gasteiger partial charge is 0.326 e. The van der Waals surface area contributed by atoms with Gasteiger partial charge in [-0.2, -0.15) is 0 Å². The highest BCUT2D eigenvalue weighted by Crippen LogP contribution is 2.10. The van der Waals surface area contributed by atoms with Gasteiger partial charge in [-0.1, -0.05) is 40.5 Å². The molecule has 5 nitrogen and oxygen atoms in total. The topological polar surface area (TPSA) is 78.4 Å². The van der Waals surface area contributed by atoms with Gasteiger partial charge in [-0.25, -0.2) is 9.59 Å². The number of hydrogen-bond donors (Lipinski definition) is 3. The number of hydrogen-bond acceptors (Lipinski definition) is 2. The first-order valence-corrected chi connectivity index (χ1v) is 6.03. The molecule has 0 heterocycles. The minimum atomic E-state index is -0.982. The highest BCUT2D eigenvalue weighted by atomic mass is 16.4. The fraction of sp³-hybridized carbons (Fsp3) is 0.833. The van der Waals surface area contributed by atoms with Crippen molar-refractivity contribution in [3.8, 4) is 0 Å². The molecule has 0 saturated heterocycles. The standard InChI is InChI=1S/C12H24N2O3/c1-5-6-7-9(10(15)16)14-11(17)13-8-12(2,3)4/h9H,5-8H2,1-4H3,(H,15,16)(H2,13,14,17). The predicted molar refractivity (Wildman–Crippen MR) is 66.9 cm³/mol. The largest absolute Gasteiger partial charge is 0.480 e. The fourth-order valence-electron chi connectivity index (χ4n) is 1.22. The van der Waals surface area contributed by atoms with E-state index in [0.29, 0.717) is 13.0 Å². The highest BCUT2D eigenvalue weighted by Gasteiger charge is 2.20. The quantitative estimate of drug-likeness (QED) is 0.668. The van der Waals surface area contributed by atoms with E-state index in [1.54, 1.807) is 0 Å². The molecule has 0 aromatic rings. The first-order valence-electron chi connectivity index (χ1n) is 6.03. The summed E-state index contributed by atoms with van der Waals surface area (Å²) in [6, 6.07) is -1.21. The maximum absolute atomic E-state index is 11.5. The predicted octanol–water partition coefficient (Wildman–Crippen LogP) is 1.98. The molecule has 0 rings (SSSR count). The lowest BCUT2D eigenvalue weighted by atomic mass is 9.97. The number of rotatable bonds is 6. The van der Waals surface area contributed by atoms with Crippen LogP contribution in [0.2, 0.25) is 0 Å². The molecule has 0 aliphatic carbocycles. The number of carbonyl (C=O) groups is 2. The van der Waals surface area contributed by atoms with E-state index in [1.165, 1.54) is 0 Å². The second kappa shape index (κ2) is 7.14. The van der Waals surface area contributed by atoms with Crippen molar-refractivity contribution in [3.63, 3.8) is 0 Å². The van der Waals surface area contributed by atoms with Crippen molar-refractivity contribution in [1.82, 2.24) is 10.6 Å². The summed E-state index contributed by atoms with van der Waals surface area (Å²) in [5.74, 6) is -0.982. The fourth-order valence-corrected chi connectivity index (χ4v) is 1.22. The maximum Gasteiger partial charge on any atom is 0.326 e. The van der Waals surface area contributed by atoms with Gasteiger partial charge in [0.15, 0.2) is 0 Å². The Labute approximate surface area is 103 Å². The second-order valence-corrected chi connectivity index (χ2v) is 5.42. The number of amides is 2. The van der Waals surface area contributed by atoms with Crippen LogP contribution in [0.3, 0.4) is 0 Å². The normalized spacial score (nSPS) is 12.9. The minimum Gasteiger partial charge on any atom is -0.480 e. The molecule has 0 aromatic carbocycles. The number of urea groups is 1. The zero-order chi connectivity index (χ0) is 13.5. The van der Waals surface area contributed by atoms with Gasteiger partial charge in [0.25, 0.3) is 0 Å². The van der Waals surface area contributed by atoms with Crippen LogP contribution >= 0.6 is 0 Å². The van der Waals surface area contributed by atoms with Gasteiger partial charge >= 0.3 is 12.0 Å². The molecule has 17 heavy (non-hydrogen) atoms. The van der Waals surface area contributed by atoms with Gasteiger partial charge in [0, 0.05) is 6.54 Å². The SMILES string of the molecule is CCCCC(NC(=O)NCC(C)(C)C)C(=O)O. The Morgan fingerprint density at radius 3 is 2.29 bits per heavy atom. The maximum atomic E-state index is 11.5. The molecular weight excluding hydrogens is 220 g/mol. The van der Waals surface area contributed by atoms with E-state index in [9.17, 15) is 9.59 Å². The summed E-state index contributed by atoms with van der Waals surface area (Å²) in [5, 5.41) is 14.1. The molecular formula is C12H24N2O3. The zero-order valence-electron chi connectivity index (χ0n) is 11.2. The van der Waals surface area contributed by atoms with E-state index in [1.807, 2.05) is 27.7 Å². The van der Waals surface area contributed by atoms with Crippen LogP contribution in [0.5, 0.6) is 0 Å². The number of carboxylic acid groups (broad SMARTS) is 1. The zero-order valence-corrected chi connectivity index (χ0v) is 11.2. The van der Waals surface area contributed by atoms with Gasteiger partial charge in [-0.3, -0.25) is 0 Å². The van der Waals surface area contributed by atoms with Crippen LogP contribution in [0, 0.1) is 5.41 Å². The van der Waals surface area contributed by atoms with Crippen LogP contribution in [-0.2, 0) is 4.79 Å². The number of carboxylic acids is 1. The Morgan fingerprint density at radius 2 is 1.88 bits per heavy atom. The Hall–Kier alpha value is -1.26. The van der Waals surface area contributed by atoms with Crippen molar-refractivity contribution in [2.45, 2.75) is 53.0 Å². The highest BCUT2D eigenvalue weighted by molar-refractivity contribution is 5.82. The third-order valence-electron chi connectivity index (χ3n) is 2.23. The van der Waals surface area contributed by atoms with Crippen LogP contribution in [0.4, 0.5) is 4.79 Å². The van der Waals surface area contributed by atoms with Crippen molar-refractivity contribution >= 4 is 12.0 Å². The summed E-state index contributed by atoms with van der Waals surface area (Å²) in [6.45, 7) is 8.49. The van der Waals surface area contributed by atoms with Gasteiger partial charge in [-0.05, 0) is 11.8 Å². The van der Waals surface area contributed by atoms with Crippen LogP contribution in [0.1, 0.15) is 47.0 Å². The number of carbonyl (C=O) groups excluding carboxylic acids is 1. The molecule has 0 radical (unpaired) electrons. The molecule has 5 heteroatoms. The van der Waals surface area contributed by atoms with Crippen LogP contribution in [0.25, 0.3) is 0 Å². The van der Waals surface area contributed by atoms with E-state index >= 15 is 0 Å². The molecule has 0 aliphatic rings. The van der Waals surface area contributed by atoms with Crippen LogP contribution < -0.4 is 10.6 Å². The lowest BCUT2D eigenvalue weighted by Crippen LogP contribution is -2.47. The Bertz CT molecular complexity index is 259. The summed E-state index contributed by atoms with van der Waals surface area (Å²) in [6.07, 6.45) is 2.17. The molecule has 0 saturated carbocycles. The van der Waals surface area contributed by atoms with Gasteiger partial charge in [-0.15, -0.1) is 0 Å². The molecule has 3 N–H and O–H groups in total. The number of aliphatic carboxylic acids is 1. The summed E-state index contributed by atoms with van der Waals surface area (Å²) < 4.78 is 0. The molecule has 0 spiro atoms. The molecule has 0 bridgehead atoms. The van der Waals surface area contributed by atoms with E-state index < -0.39 is 18.0 Å².